The van der Waals surface area contributed by atoms with Gasteiger partial charge in [0, 0.05) is 39.3 Å². The molecule has 0 radical (unpaired) electrons. The van der Waals surface area contributed by atoms with Gasteiger partial charge in [-0.05, 0) is 31.7 Å². The quantitative estimate of drug-likeness (QED) is 0.832. The Hall–Kier alpha value is -0.810. The van der Waals surface area contributed by atoms with Crippen LogP contribution >= 0.6 is 0 Å². The number of urea groups is 1. The molecule has 0 aromatic rings. The SMILES string of the molecule is CC(C)CCN1CCN(C(=O)NCC2CCCO2)CC1. The molecule has 2 saturated heterocycles. The van der Waals surface area contributed by atoms with Crippen LogP contribution in [0.5, 0.6) is 0 Å². The molecule has 0 aliphatic carbocycles. The fourth-order valence-corrected chi connectivity index (χ4v) is 2.73. The first-order chi connectivity index (χ1) is 9.65. The summed E-state index contributed by atoms with van der Waals surface area (Å²) >= 11 is 0. The molecule has 0 saturated carbocycles. The molecule has 0 spiro atoms. The van der Waals surface area contributed by atoms with E-state index in [2.05, 4.69) is 24.1 Å². The van der Waals surface area contributed by atoms with Crippen LogP contribution in [0.3, 0.4) is 0 Å². The van der Waals surface area contributed by atoms with E-state index in [-0.39, 0.29) is 12.1 Å². The van der Waals surface area contributed by atoms with Crippen LogP contribution in [-0.2, 0) is 4.74 Å². The maximum absolute atomic E-state index is 12.1. The van der Waals surface area contributed by atoms with Crippen molar-refractivity contribution in [3.05, 3.63) is 0 Å². The molecule has 5 nitrogen and oxygen atoms in total. The Morgan fingerprint density at radius 3 is 2.65 bits per heavy atom. The predicted molar refractivity (Wildman–Crippen MR) is 79.8 cm³/mol. The van der Waals surface area contributed by atoms with Crippen LogP contribution in [0.1, 0.15) is 33.1 Å². The van der Waals surface area contributed by atoms with Gasteiger partial charge in [0.05, 0.1) is 6.10 Å². The van der Waals surface area contributed by atoms with Gasteiger partial charge in [-0.3, -0.25) is 4.90 Å². The van der Waals surface area contributed by atoms with Crippen molar-refractivity contribution in [2.45, 2.75) is 39.2 Å². The smallest absolute Gasteiger partial charge is 0.317 e. The van der Waals surface area contributed by atoms with Gasteiger partial charge in [-0.1, -0.05) is 13.8 Å². The lowest BCUT2D eigenvalue weighted by molar-refractivity contribution is 0.104. The molecule has 1 unspecified atom stereocenters. The Balaban J connectivity index is 1.61. The maximum atomic E-state index is 12.1. The fraction of sp³-hybridized carbons (Fsp3) is 0.933. The maximum Gasteiger partial charge on any atom is 0.317 e. The highest BCUT2D eigenvalue weighted by Crippen LogP contribution is 2.11. The fourth-order valence-electron chi connectivity index (χ4n) is 2.73. The molecule has 0 aromatic heterocycles. The number of hydrogen-bond acceptors (Lipinski definition) is 3. The van der Waals surface area contributed by atoms with Crippen LogP contribution in [0.15, 0.2) is 0 Å². The lowest BCUT2D eigenvalue weighted by Gasteiger charge is -2.35. The predicted octanol–water partition coefficient (Wildman–Crippen LogP) is 1.54. The van der Waals surface area contributed by atoms with E-state index in [0.29, 0.717) is 6.54 Å². The Bertz CT molecular complexity index is 295. The van der Waals surface area contributed by atoms with Gasteiger partial charge < -0.3 is 15.0 Å². The van der Waals surface area contributed by atoms with Crippen molar-refractivity contribution in [3.63, 3.8) is 0 Å². The molecule has 5 heteroatoms. The second-order valence-electron chi connectivity index (χ2n) is 6.33. The minimum atomic E-state index is 0.0732. The molecule has 2 rings (SSSR count). The molecule has 2 amide bonds. The van der Waals surface area contributed by atoms with Crippen molar-refractivity contribution in [2.24, 2.45) is 5.92 Å². The summed E-state index contributed by atoms with van der Waals surface area (Å²) in [6.07, 6.45) is 3.66. The summed E-state index contributed by atoms with van der Waals surface area (Å²) in [6, 6.07) is 0.0732. The molecular weight excluding hydrogens is 254 g/mol. The highest BCUT2D eigenvalue weighted by atomic mass is 16.5. The van der Waals surface area contributed by atoms with E-state index < -0.39 is 0 Å². The number of ether oxygens (including phenoxy) is 1. The van der Waals surface area contributed by atoms with Gasteiger partial charge in [-0.2, -0.15) is 0 Å². The zero-order chi connectivity index (χ0) is 14.4. The lowest BCUT2D eigenvalue weighted by atomic mass is 10.1. The lowest BCUT2D eigenvalue weighted by Crippen LogP contribution is -2.52. The van der Waals surface area contributed by atoms with E-state index in [9.17, 15) is 4.79 Å². The second kappa shape index (κ2) is 7.84. The molecular formula is C15H29N3O2. The number of rotatable bonds is 5. The minimum Gasteiger partial charge on any atom is -0.376 e. The molecule has 2 heterocycles. The summed E-state index contributed by atoms with van der Waals surface area (Å²) in [7, 11) is 0. The summed E-state index contributed by atoms with van der Waals surface area (Å²) in [5, 5.41) is 3.00. The van der Waals surface area contributed by atoms with Crippen LogP contribution in [0.4, 0.5) is 4.79 Å². The third kappa shape index (κ3) is 4.94. The van der Waals surface area contributed by atoms with Gasteiger partial charge in [0.1, 0.15) is 0 Å². The summed E-state index contributed by atoms with van der Waals surface area (Å²) in [5.74, 6) is 0.753. The normalized spacial score (nSPS) is 24.4. The van der Waals surface area contributed by atoms with E-state index in [1.807, 2.05) is 4.90 Å². The summed E-state index contributed by atoms with van der Waals surface area (Å²) < 4.78 is 5.52. The number of nitrogens with zero attached hydrogens (tertiary/aromatic N) is 2. The van der Waals surface area contributed by atoms with Crippen molar-refractivity contribution >= 4 is 6.03 Å². The molecule has 1 atom stereocenters. The number of amides is 2. The first-order valence-electron chi connectivity index (χ1n) is 8.02. The molecule has 0 bridgehead atoms. The number of piperazine rings is 1. The van der Waals surface area contributed by atoms with Crippen molar-refractivity contribution < 1.29 is 9.53 Å². The second-order valence-corrected chi connectivity index (χ2v) is 6.33. The van der Waals surface area contributed by atoms with E-state index in [0.717, 1.165) is 58.1 Å². The van der Waals surface area contributed by atoms with Gasteiger partial charge in [-0.15, -0.1) is 0 Å². The molecule has 20 heavy (non-hydrogen) atoms. The van der Waals surface area contributed by atoms with Crippen molar-refractivity contribution in [3.8, 4) is 0 Å². The van der Waals surface area contributed by atoms with E-state index in [1.54, 1.807) is 0 Å². The average Bonchev–Trinajstić information content (AvgIpc) is 2.96. The minimum absolute atomic E-state index is 0.0732. The van der Waals surface area contributed by atoms with Gasteiger partial charge in [-0.25, -0.2) is 4.79 Å². The molecule has 1 N–H and O–H groups in total. The molecule has 2 fully saturated rings. The van der Waals surface area contributed by atoms with Gasteiger partial charge in [0.25, 0.3) is 0 Å². The first kappa shape index (κ1) is 15.6. The van der Waals surface area contributed by atoms with E-state index >= 15 is 0 Å². The third-order valence-corrected chi connectivity index (χ3v) is 4.19. The van der Waals surface area contributed by atoms with Crippen LogP contribution in [-0.4, -0.2) is 67.8 Å². The Morgan fingerprint density at radius 1 is 1.30 bits per heavy atom. The largest absolute Gasteiger partial charge is 0.376 e. The van der Waals surface area contributed by atoms with Crippen LogP contribution in [0.25, 0.3) is 0 Å². The standard InChI is InChI=1S/C15H29N3O2/c1-13(2)5-6-17-7-9-18(10-8-17)15(19)16-12-14-4-3-11-20-14/h13-14H,3-12H2,1-2H3,(H,16,19). The van der Waals surface area contributed by atoms with Gasteiger partial charge in [0.15, 0.2) is 0 Å². The highest BCUT2D eigenvalue weighted by molar-refractivity contribution is 5.74. The average molecular weight is 283 g/mol. The summed E-state index contributed by atoms with van der Waals surface area (Å²) in [5.41, 5.74) is 0. The zero-order valence-corrected chi connectivity index (χ0v) is 12.9. The monoisotopic (exact) mass is 283 g/mol. The van der Waals surface area contributed by atoms with Gasteiger partial charge >= 0.3 is 6.03 Å². The number of carbonyl (C=O) groups excluding carboxylic acids is 1. The molecule has 0 aromatic carbocycles. The third-order valence-electron chi connectivity index (χ3n) is 4.19. The van der Waals surface area contributed by atoms with Crippen molar-refractivity contribution in [2.75, 3.05) is 45.9 Å². The summed E-state index contributed by atoms with van der Waals surface area (Å²) in [4.78, 5) is 16.5. The van der Waals surface area contributed by atoms with E-state index in [1.165, 1.54) is 6.42 Å². The number of carbonyl (C=O) groups is 1. The van der Waals surface area contributed by atoms with Crippen molar-refractivity contribution in [1.82, 2.24) is 15.1 Å². The summed E-state index contributed by atoms with van der Waals surface area (Å²) in [6.45, 7) is 10.9. The Morgan fingerprint density at radius 2 is 2.05 bits per heavy atom. The molecule has 2 aliphatic heterocycles. The van der Waals surface area contributed by atoms with Gasteiger partial charge in [0.2, 0.25) is 0 Å². The van der Waals surface area contributed by atoms with Crippen LogP contribution in [0.2, 0.25) is 0 Å². The topological polar surface area (TPSA) is 44.8 Å². The number of nitrogens with one attached hydrogen (secondary N) is 1. The number of hydrogen-bond donors (Lipinski definition) is 1. The van der Waals surface area contributed by atoms with Crippen LogP contribution < -0.4 is 5.32 Å². The van der Waals surface area contributed by atoms with E-state index in [4.69, 9.17) is 4.74 Å². The molecule has 2 aliphatic rings. The zero-order valence-electron chi connectivity index (χ0n) is 12.9. The first-order valence-corrected chi connectivity index (χ1v) is 8.02. The van der Waals surface area contributed by atoms with Crippen molar-refractivity contribution in [1.29, 1.82) is 0 Å². The molecule has 116 valence electrons. The highest BCUT2D eigenvalue weighted by Gasteiger charge is 2.22. The van der Waals surface area contributed by atoms with Crippen LogP contribution in [0, 0.1) is 5.92 Å². The Labute approximate surface area is 122 Å². The Kier molecular flexibility index (Phi) is 6.10.